The van der Waals surface area contributed by atoms with Gasteiger partial charge in [0.2, 0.25) is 0 Å². The third-order valence-electron chi connectivity index (χ3n) is 5.10. The zero-order valence-electron chi connectivity index (χ0n) is 17.2. The van der Waals surface area contributed by atoms with E-state index in [4.69, 9.17) is 4.74 Å². The van der Waals surface area contributed by atoms with Crippen LogP contribution in [0.2, 0.25) is 0 Å². The number of amides is 4. The molecule has 1 aliphatic rings. The Morgan fingerprint density at radius 3 is 2.45 bits per heavy atom. The van der Waals surface area contributed by atoms with Crippen LogP contribution in [0.15, 0.2) is 30.3 Å². The number of benzene rings is 1. The Bertz CT molecular complexity index is 748. The molecule has 0 radical (unpaired) electrons. The summed E-state index contributed by atoms with van der Waals surface area (Å²) in [5.41, 5.74) is -0.0304. The molecule has 1 aromatic rings. The first kappa shape index (κ1) is 22.4. The quantitative estimate of drug-likeness (QED) is 0.458. The van der Waals surface area contributed by atoms with Crippen molar-refractivity contribution in [3.05, 3.63) is 35.9 Å². The Balaban J connectivity index is 1.85. The van der Waals surface area contributed by atoms with Crippen LogP contribution in [-0.2, 0) is 25.5 Å². The molecule has 0 aromatic heterocycles. The summed E-state index contributed by atoms with van der Waals surface area (Å²) in [5.74, 6) is -1.69. The Labute approximate surface area is 171 Å². The lowest BCUT2D eigenvalue weighted by Gasteiger charge is -2.21. The smallest absolute Gasteiger partial charge is 0.326 e. The fourth-order valence-electron chi connectivity index (χ4n) is 3.18. The second-order valence-corrected chi connectivity index (χ2v) is 7.38. The summed E-state index contributed by atoms with van der Waals surface area (Å²) in [7, 11) is 0. The van der Waals surface area contributed by atoms with Gasteiger partial charge >= 0.3 is 12.0 Å². The molecular formula is C21H29N3O5. The number of nitrogens with zero attached hydrogens (tertiary/aromatic N) is 1. The molecule has 4 amide bonds. The molecule has 0 saturated carbocycles. The van der Waals surface area contributed by atoms with Crippen LogP contribution < -0.4 is 10.6 Å². The van der Waals surface area contributed by atoms with E-state index in [9.17, 15) is 19.2 Å². The minimum Gasteiger partial charge on any atom is -0.454 e. The minimum absolute atomic E-state index is 0.0254. The fourth-order valence-corrected chi connectivity index (χ4v) is 3.18. The minimum atomic E-state index is -1.08. The normalized spacial score (nSPS) is 18.7. The lowest BCUT2D eigenvalue weighted by molar-refractivity contribution is -0.151. The van der Waals surface area contributed by atoms with Gasteiger partial charge in [0.25, 0.3) is 11.8 Å². The SMILES string of the molecule is CCC(CC)NC(=O)COC(=O)CN1C(=O)N[C@](C)(CCc2ccccc2)C1=O. The number of carbonyl (C=O) groups excluding carboxylic acids is 4. The van der Waals surface area contributed by atoms with Gasteiger partial charge in [-0.25, -0.2) is 4.79 Å². The van der Waals surface area contributed by atoms with Gasteiger partial charge in [-0.1, -0.05) is 44.2 Å². The summed E-state index contributed by atoms with van der Waals surface area (Å²) in [6.45, 7) is 4.58. The number of imide groups is 1. The van der Waals surface area contributed by atoms with Crippen molar-refractivity contribution >= 4 is 23.8 Å². The number of nitrogens with one attached hydrogen (secondary N) is 2. The topological polar surface area (TPSA) is 105 Å². The lowest BCUT2D eigenvalue weighted by atomic mass is 9.93. The number of esters is 1. The summed E-state index contributed by atoms with van der Waals surface area (Å²) in [6, 6.07) is 9.02. The molecule has 1 atom stereocenters. The summed E-state index contributed by atoms with van der Waals surface area (Å²) in [6.07, 6.45) is 2.57. The molecule has 158 valence electrons. The second-order valence-electron chi connectivity index (χ2n) is 7.38. The predicted molar refractivity (Wildman–Crippen MR) is 107 cm³/mol. The number of hydrogen-bond acceptors (Lipinski definition) is 5. The maximum absolute atomic E-state index is 12.7. The molecule has 1 aromatic carbocycles. The Kier molecular flexibility index (Phi) is 7.75. The Morgan fingerprint density at radius 2 is 1.83 bits per heavy atom. The third kappa shape index (κ3) is 6.04. The summed E-state index contributed by atoms with van der Waals surface area (Å²) < 4.78 is 4.92. The van der Waals surface area contributed by atoms with Crippen LogP contribution in [0.1, 0.15) is 45.6 Å². The highest BCUT2D eigenvalue weighted by Gasteiger charge is 2.48. The van der Waals surface area contributed by atoms with Crippen molar-refractivity contribution in [2.24, 2.45) is 0 Å². The zero-order valence-corrected chi connectivity index (χ0v) is 17.2. The van der Waals surface area contributed by atoms with E-state index in [0.29, 0.717) is 12.8 Å². The predicted octanol–water partition coefficient (Wildman–Crippen LogP) is 1.78. The molecule has 29 heavy (non-hydrogen) atoms. The molecule has 0 unspecified atom stereocenters. The van der Waals surface area contributed by atoms with Crippen molar-refractivity contribution in [3.8, 4) is 0 Å². The number of carbonyl (C=O) groups is 4. The van der Waals surface area contributed by atoms with Crippen LogP contribution >= 0.6 is 0 Å². The second kappa shape index (κ2) is 10.0. The largest absolute Gasteiger partial charge is 0.454 e. The van der Waals surface area contributed by atoms with Gasteiger partial charge in [0, 0.05) is 6.04 Å². The average molecular weight is 403 g/mol. The van der Waals surface area contributed by atoms with E-state index in [1.54, 1.807) is 6.92 Å². The first-order valence-corrected chi connectivity index (χ1v) is 9.92. The van der Waals surface area contributed by atoms with E-state index < -0.39 is 42.5 Å². The van der Waals surface area contributed by atoms with Crippen molar-refractivity contribution in [1.82, 2.24) is 15.5 Å². The van der Waals surface area contributed by atoms with Crippen LogP contribution in [-0.4, -0.2) is 53.4 Å². The lowest BCUT2D eigenvalue weighted by Crippen LogP contribution is -2.45. The first-order chi connectivity index (χ1) is 13.8. The van der Waals surface area contributed by atoms with Crippen molar-refractivity contribution in [2.45, 2.75) is 58.0 Å². The van der Waals surface area contributed by atoms with Gasteiger partial charge in [0.05, 0.1) is 0 Å². The van der Waals surface area contributed by atoms with E-state index in [1.165, 1.54) is 0 Å². The monoisotopic (exact) mass is 403 g/mol. The Morgan fingerprint density at radius 1 is 1.17 bits per heavy atom. The maximum Gasteiger partial charge on any atom is 0.326 e. The van der Waals surface area contributed by atoms with Crippen LogP contribution in [0, 0.1) is 0 Å². The van der Waals surface area contributed by atoms with Gasteiger partial charge in [-0.05, 0) is 38.2 Å². The van der Waals surface area contributed by atoms with Crippen LogP contribution in [0.4, 0.5) is 4.79 Å². The third-order valence-corrected chi connectivity index (χ3v) is 5.10. The van der Waals surface area contributed by atoms with E-state index in [-0.39, 0.29) is 6.04 Å². The highest BCUT2D eigenvalue weighted by Crippen LogP contribution is 2.23. The molecule has 1 fully saturated rings. The molecule has 1 saturated heterocycles. The summed E-state index contributed by atoms with van der Waals surface area (Å²) in [4.78, 5) is 49.6. The van der Waals surface area contributed by atoms with Gasteiger partial charge in [-0.15, -0.1) is 0 Å². The van der Waals surface area contributed by atoms with Crippen LogP contribution in [0.25, 0.3) is 0 Å². The molecule has 1 heterocycles. The summed E-state index contributed by atoms with van der Waals surface area (Å²) >= 11 is 0. The number of aryl methyl sites for hydroxylation is 1. The first-order valence-electron chi connectivity index (χ1n) is 9.92. The zero-order chi connectivity index (χ0) is 21.4. The van der Waals surface area contributed by atoms with E-state index in [2.05, 4.69) is 10.6 Å². The van der Waals surface area contributed by atoms with E-state index in [1.807, 2.05) is 44.2 Å². The number of hydrogen-bond donors (Lipinski definition) is 2. The summed E-state index contributed by atoms with van der Waals surface area (Å²) in [5, 5.41) is 5.41. The Hall–Kier alpha value is -2.90. The van der Waals surface area contributed by atoms with Gasteiger partial charge < -0.3 is 15.4 Å². The molecule has 0 aliphatic carbocycles. The van der Waals surface area contributed by atoms with Gasteiger partial charge in [-0.3, -0.25) is 19.3 Å². The van der Waals surface area contributed by atoms with E-state index in [0.717, 1.165) is 23.3 Å². The van der Waals surface area contributed by atoms with Crippen molar-refractivity contribution in [3.63, 3.8) is 0 Å². The van der Waals surface area contributed by atoms with Gasteiger partial charge in [-0.2, -0.15) is 0 Å². The van der Waals surface area contributed by atoms with Crippen LogP contribution in [0.5, 0.6) is 0 Å². The number of rotatable bonds is 10. The molecule has 8 nitrogen and oxygen atoms in total. The van der Waals surface area contributed by atoms with Crippen molar-refractivity contribution in [2.75, 3.05) is 13.2 Å². The highest BCUT2D eigenvalue weighted by molar-refractivity contribution is 6.08. The maximum atomic E-state index is 12.7. The van der Waals surface area contributed by atoms with E-state index >= 15 is 0 Å². The van der Waals surface area contributed by atoms with Crippen LogP contribution in [0.3, 0.4) is 0 Å². The average Bonchev–Trinajstić information content (AvgIpc) is 2.93. The molecular weight excluding hydrogens is 374 g/mol. The van der Waals surface area contributed by atoms with Gasteiger partial charge in [0.15, 0.2) is 6.61 Å². The molecule has 0 bridgehead atoms. The van der Waals surface area contributed by atoms with Crippen molar-refractivity contribution < 1.29 is 23.9 Å². The fraction of sp³-hybridized carbons (Fsp3) is 0.524. The molecule has 1 aliphatic heterocycles. The number of urea groups is 1. The standard InChI is InChI=1S/C21H29N3O5/c1-4-16(5-2)22-17(25)14-29-18(26)13-24-19(27)21(3,23-20(24)28)12-11-15-9-7-6-8-10-15/h6-10,16H,4-5,11-14H2,1-3H3,(H,22,25)(H,23,28)/t21-/m1/s1. The number of ether oxygens (including phenoxy) is 1. The van der Waals surface area contributed by atoms with Gasteiger partial charge in [0.1, 0.15) is 12.1 Å². The van der Waals surface area contributed by atoms with Crippen molar-refractivity contribution in [1.29, 1.82) is 0 Å². The molecule has 8 heteroatoms. The highest BCUT2D eigenvalue weighted by atomic mass is 16.5. The molecule has 2 N–H and O–H groups in total. The molecule has 0 spiro atoms. The molecule has 2 rings (SSSR count).